The number of amides is 3. The molecule has 0 bridgehead atoms. The van der Waals surface area contributed by atoms with E-state index >= 15 is 0 Å². The van der Waals surface area contributed by atoms with Gasteiger partial charge in [-0.1, -0.05) is 6.07 Å². The highest BCUT2D eigenvalue weighted by molar-refractivity contribution is 5.80. The SMILES string of the molecule is O=C(NC1CC1)N1CCC(C(=O)N2CCN(Cc3ccc4c(c3)OCO4)CC2)CC1. The zero-order valence-electron chi connectivity index (χ0n) is 17.3. The molecule has 1 saturated carbocycles. The Balaban J connectivity index is 1.06. The first-order valence-corrected chi connectivity index (χ1v) is 11.1. The molecular weight excluding hydrogens is 384 g/mol. The predicted molar refractivity (Wildman–Crippen MR) is 110 cm³/mol. The van der Waals surface area contributed by atoms with E-state index in [-0.39, 0.29) is 17.9 Å². The van der Waals surface area contributed by atoms with Crippen molar-refractivity contribution in [3.8, 4) is 11.5 Å². The molecule has 1 aromatic rings. The molecule has 1 aliphatic carbocycles. The van der Waals surface area contributed by atoms with Crippen LogP contribution in [0.2, 0.25) is 0 Å². The molecule has 0 atom stereocenters. The van der Waals surface area contributed by atoms with Gasteiger partial charge in [0.25, 0.3) is 0 Å². The van der Waals surface area contributed by atoms with Crippen LogP contribution in [0.1, 0.15) is 31.2 Å². The van der Waals surface area contributed by atoms with Crippen molar-refractivity contribution in [3.05, 3.63) is 23.8 Å². The predicted octanol–water partition coefficient (Wildman–Crippen LogP) is 1.64. The molecule has 3 fully saturated rings. The number of likely N-dealkylation sites (tertiary alicyclic amines) is 1. The van der Waals surface area contributed by atoms with Crippen LogP contribution in [0.15, 0.2) is 18.2 Å². The normalized spacial score (nSPS) is 22.3. The summed E-state index contributed by atoms with van der Waals surface area (Å²) in [5.74, 6) is 1.94. The number of benzene rings is 1. The van der Waals surface area contributed by atoms with Crippen LogP contribution in [0.3, 0.4) is 0 Å². The molecule has 1 N–H and O–H groups in total. The van der Waals surface area contributed by atoms with Crippen LogP contribution < -0.4 is 14.8 Å². The fraction of sp³-hybridized carbons (Fsp3) is 0.636. The van der Waals surface area contributed by atoms with Crippen molar-refractivity contribution in [1.29, 1.82) is 0 Å². The Morgan fingerprint density at radius 3 is 2.37 bits per heavy atom. The number of hydrogen-bond donors (Lipinski definition) is 1. The van der Waals surface area contributed by atoms with Gasteiger partial charge in [-0.3, -0.25) is 9.69 Å². The third-order valence-electron chi connectivity index (χ3n) is 6.56. The number of carbonyl (C=O) groups excluding carboxylic acids is 2. The minimum absolute atomic E-state index is 0.0422. The summed E-state index contributed by atoms with van der Waals surface area (Å²) in [6.07, 6.45) is 3.74. The van der Waals surface area contributed by atoms with Crippen molar-refractivity contribution in [2.75, 3.05) is 46.1 Å². The first kappa shape index (κ1) is 19.5. The molecule has 3 amide bonds. The second kappa shape index (κ2) is 8.34. The van der Waals surface area contributed by atoms with Gasteiger partial charge in [-0.15, -0.1) is 0 Å². The van der Waals surface area contributed by atoms with Crippen LogP contribution in [0, 0.1) is 5.92 Å². The van der Waals surface area contributed by atoms with E-state index in [2.05, 4.69) is 16.3 Å². The number of ether oxygens (including phenoxy) is 2. The molecule has 3 aliphatic heterocycles. The van der Waals surface area contributed by atoms with E-state index in [1.165, 1.54) is 5.56 Å². The highest BCUT2D eigenvalue weighted by Crippen LogP contribution is 2.33. The number of urea groups is 1. The third-order valence-corrected chi connectivity index (χ3v) is 6.56. The van der Waals surface area contributed by atoms with Gasteiger partial charge in [0.15, 0.2) is 11.5 Å². The van der Waals surface area contributed by atoms with Crippen LogP contribution in [0.25, 0.3) is 0 Å². The minimum Gasteiger partial charge on any atom is -0.454 e. The standard InChI is InChI=1S/C22H30N4O4/c27-21(17-5-7-26(8-6-17)22(28)23-18-2-3-18)25-11-9-24(10-12-25)14-16-1-4-19-20(13-16)30-15-29-19/h1,4,13,17-18H,2-3,5-12,14-15H2,(H,23,28). The molecule has 0 radical (unpaired) electrons. The topological polar surface area (TPSA) is 74.4 Å². The lowest BCUT2D eigenvalue weighted by atomic mass is 9.95. The summed E-state index contributed by atoms with van der Waals surface area (Å²) in [4.78, 5) is 31.4. The first-order valence-electron chi connectivity index (χ1n) is 11.1. The Bertz CT molecular complexity index is 796. The lowest BCUT2D eigenvalue weighted by Crippen LogP contribution is -2.52. The van der Waals surface area contributed by atoms with E-state index in [0.29, 0.717) is 25.9 Å². The Hall–Kier alpha value is -2.48. The van der Waals surface area contributed by atoms with Crippen LogP contribution in [0.5, 0.6) is 11.5 Å². The summed E-state index contributed by atoms with van der Waals surface area (Å²) in [5, 5.41) is 3.04. The molecule has 8 heteroatoms. The van der Waals surface area contributed by atoms with E-state index < -0.39 is 0 Å². The zero-order valence-corrected chi connectivity index (χ0v) is 17.3. The Morgan fingerprint density at radius 2 is 1.63 bits per heavy atom. The van der Waals surface area contributed by atoms with Gasteiger partial charge in [-0.25, -0.2) is 4.79 Å². The van der Waals surface area contributed by atoms with E-state index in [1.807, 2.05) is 21.9 Å². The van der Waals surface area contributed by atoms with Crippen molar-refractivity contribution >= 4 is 11.9 Å². The number of fused-ring (bicyclic) bond motifs is 1. The van der Waals surface area contributed by atoms with Crippen molar-refractivity contribution < 1.29 is 19.1 Å². The molecule has 2 saturated heterocycles. The van der Waals surface area contributed by atoms with Gasteiger partial charge in [-0.2, -0.15) is 0 Å². The summed E-state index contributed by atoms with van der Waals surface area (Å²) >= 11 is 0. The van der Waals surface area contributed by atoms with Crippen molar-refractivity contribution in [1.82, 2.24) is 20.0 Å². The number of piperidine rings is 1. The van der Waals surface area contributed by atoms with E-state index in [4.69, 9.17) is 9.47 Å². The highest BCUT2D eigenvalue weighted by atomic mass is 16.7. The molecule has 5 rings (SSSR count). The molecule has 30 heavy (non-hydrogen) atoms. The van der Waals surface area contributed by atoms with Gasteiger partial charge >= 0.3 is 6.03 Å². The Kier molecular flexibility index (Phi) is 5.41. The number of nitrogens with zero attached hydrogens (tertiary/aromatic N) is 3. The van der Waals surface area contributed by atoms with Gasteiger partial charge in [0.1, 0.15) is 0 Å². The molecule has 0 spiro atoms. The Labute approximate surface area is 177 Å². The quantitative estimate of drug-likeness (QED) is 0.811. The fourth-order valence-electron chi connectivity index (χ4n) is 4.51. The molecule has 4 aliphatic rings. The largest absolute Gasteiger partial charge is 0.454 e. The molecule has 0 unspecified atom stereocenters. The van der Waals surface area contributed by atoms with Crippen molar-refractivity contribution in [2.24, 2.45) is 5.92 Å². The monoisotopic (exact) mass is 414 g/mol. The summed E-state index contributed by atoms with van der Waals surface area (Å²) < 4.78 is 10.8. The van der Waals surface area contributed by atoms with Gasteiger partial charge in [0.2, 0.25) is 12.7 Å². The van der Waals surface area contributed by atoms with Crippen molar-refractivity contribution in [3.63, 3.8) is 0 Å². The summed E-state index contributed by atoms with van der Waals surface area (Å²) in [7, 11) is 0. The smallest absolute Gasteiger partial charge is 0.317 e. The number of carbonyl (C=O) groups is 2. The van der Waals surface area contributed by atoms with Gasteiger partial charge in [0.05, 0.1) is 0 Å². The number of piperazine rings is 1. The van der Waals surface area contributed by atoms with Crippen LogP contribution in [0.4, 0.5) is 4.79 Å². The second-order valence-electron chi connectivity index (χ2n) is 8.77. The lowest BCUT2D eigenvalue weighted by Gasteiger charge is -2.38. The number of rotatable bonds is 4. The average Bonchev–Trinajstić information content (AvgIpc) is 3.47. The maximum Gasteiger partial charge on any atom is 0.317 e. The molecular formula is C22H30N4O4. The maximum atomic E-state index is 13.0. The van der Waals surface area contributed by atoms with Crippen molar-refractivity contribution in [2.45, 2.75) is 38.3 Å². The second-order valence-corrected chi connectivity index (χ2v) is 8.77. The Morgan fingerprint density at radius 1 is 0.900 bits per heavy atom. The zero-order chi connectivity index (χ0) is 20.5. The summed E-state index contributed by atoms with van der Waals surface area (Å²) in [6, 6.07) is 6.52. The molecule has 3 heterocycles. The summed E-state index contributed by atoms with van der Waals surface area (Å²) in [5.41, 5.74) is 1.20. The van der Waals surface area contributed by atoms with Crippen LogP contribution in [-0.4, -0.2) is 78.7 Å². The van der Waals surface area contributed by atoms with E-state index in [0.717, 1.165) is 69.9 Å². The maximum absolute atomic E-state index is 13.0. The molecule has 0 aromatic heterocycles. The average molecular weight is 415 g/mol. The van der Waals surface area contributed by atoms with Crippen LogP contribution in [-0.2, 0) is 11.3 Å². The van der Waals surface area contributed by atoms with E-state index in [9.17, 15) is 9.59 Å². The molecule has 8 nitrogen and oxygen atoms in total. The molecule has 162 valence electrons. The fourth-order valence-corrected chi connectivity index (χ4v) is 4.51. The van der Waals surface area contributed by atoms with Gasteiger partial charge in [-0.05, 0) is 43.4 Å². The highest BCUT2D eigenvalue weighted by Gasteiger charge is 2.33. The first-order chi connectivity index (χ1) is 14.7. The third kappa shape index (κ3) is 4.33. The van der Waals surface area contributed by atoms with Gasteiger partial charge < -0.3 is 24.6 Å². The number of nitrogens with one attached hydrogen (secondary N) is 1. The van der Waals surface area contributed by atoms with Gasteiger partial charge in [0, 0.05) is 57.8 Å². The number of hydrogen-bond acceptors (Lipinski definition) is 5. The van der Waals surface area contributed by atoms with Crippen LogP contribution >= 0.6 is 0 Å². The van der Waals surface area contributed by atoms with E-state index in [1.54, 1.807) is 0 Å². The summed E-state index contributed by atoms with van der Waals surface area (Å²) in [6.45, 7) is 5.80. The minimum atomic E-state index is 0.0422. The lowest BCUT2D eigenvalue weighted by molar-refractivity contribution is -0.138. The molecule has 1 aromatic carbocycles.